The molecule has 116 valence electrons. The van der Waals surface area contributed by atoms with Gasteiger partial charge >= 0.3 is 5.97 Å². The van der Waals surface area contributed by atoms with Gasteiger partial charge in [0.1, 0.15) is 5.56 Å². The number of aryl methyl sites for hydroxylation is 1. The summed E-state index contributed by atoms with van der Waals surface area (Å²) >= 11 is 6.30. The average Bonchev–Trinajstić information content (AvgIpc) is 2.94. The van der Waals surface area contributed by atoms with E-state index in [9.17, 15) is 9.59 Å². The van der Waals surface area contributed by atoms with E-state index >= 15 is 0 Å². The summed E-state index contributed by atoms with van der Waals surface area (Å²) in [6, 6.07) is 3.37. The van der Waals surface area contributed by atoms with E-state index in [0.29, 0.717) is 28.9 Å². The Hall–Kier alpha value is -2.21. The van der Waals surface area contributed by atoms with Gasteiger partial charge in [-0.25, -0.2) is 4.79 Å². The lowest BCUT2D eigenvalue weighted by atomic mass is 10.1. The number of aromatic nitrogens is 1. The second-order valence-electron chi connectivity index (χ2n) is 4.68. The van der Waals surface area contributed by atoms with Crippen molar-refractivity contribution in [3.05, 3.63) is 33.1 Å². The third-order valence-electron chi connectivity index (χ3n) is 3.49. The number of esters is 1. The number of pyridine rings is 1. The van der Waals surface area contributed by atoms with Crippen LogP contribution in [0.5, 0.6) is 11.5 Å². The van der Waals surface area contributed by atoms with Crippen LogP contribution in [-0.2, 0) is 11.3 Å². The van der Waals surface area contributed by atoms with Crippen molar-refractivity contribution < 1.29 is 19.0 Å². The Morgan fingerprint density at radius 1 is 1.32 bits per heavy atom. The molecule has 0 aliphatic carbocycles. The number of halogens is 1. The van der Waals surface area contributed by atoms with Gasteiger partial charge in [0.25, 0.3) is 5.56 Å². The SMILES string of the molecule is CCOC(=O)c1c(Cl)c2cc3c(cc2n(CC)c1=O)OCO3. The monoisotopic (exact) mass is 323 g/mol. The van der Waals surface area contributed by atoms with Crippen molar-refractivity contribution in [1.29, 1.82) is 0 Å². The third-order valence-corrected chi connectivity index (χ3v) is 3.89. The molecule has 1 aromatic heterocycles. The first kappa shape index (κ1) is 14.7. The van der Waals surface area contributed by atoms with E-state index in [1.807, 2.05) is 6.92 Å². The van der Waals surface area contributed by atoms with Crippen LogP contribution in [0.1, 0.15) is 24.2 Å². The lowest BCUT2D eigenvalue weighted by Gasteiger charge is -2.13. The lowest BCUT2D eigenvalue weighted by molar-refractivity contribution is 0.0524. The molecule has 0 bridgehead atoms. The topological polar surface area (TPSA) is 66.8 Å². The summed E-state index contributed by atoms with van der Waals surface area (Å²) in [5.41, 5.74) is -0.0381. The van der Waals surface area contributed by atoms with Crippen LogP contribution in [0.15, 0.2) is 16.9 Å². The Labute approximate surface area is 131 Å². The molecular weight excluding hydrogens is 310 g/mol. The molecule has 1 aliphatic heterocycles. The van der Waals surface area contributed by atoms with Crippen molar-refractivity contribution in [3.63, 3.8) is 0 Å². The summed E-state index contributed by atoms with van der Waals surface area (Å²) in [7, 11) is 0. The molecule has 1 aliphatic rings. The molecule has 7 heteroatoms. The van der Waals surface area contributed by atoms with E-state index in [2.05, 4.69) is 0 Å². The van der Waals surface area contributed by atoms with E-state index in [0.717, 1.165) is 0 Å². The standard InChI is InChI=1S/C15H14ClNO5/c1-3-17-9-6-11-10(21-7-22-11)5-8(9)13(16)12(14(17)18)15(19)20-4-2/h5-6H,3-4,7H2,1-2H3. The van der Waals surface area contributed by atoms with Gasteiger partial charge in [-0.1, -0.05) is 11.6 Å². The lowest BCUT2D eigenvalue weighted by Crippen LogP contribution is -2.28. The van der Waals surface area contributed by atoms with Gasteiger partial charge in [0.2, 0.25) is 6.79 Å². The molecule has 3 rings (SSSR count). The molecule has 0 atom stereocenters. The van der Waals surface area contributed by atoms with Crippen LogP contribution >= 0.6 is 11.6 Å². The van der Waals surface area contributed by atoms with E-state index in [4.69, 9.17) is 25.8 Å². The van der Waals surface area contributed by atoms with Crippen LogP contribution in [0.2, 0.25) is 5.02 Å². The molecule has 0 saturated carbocycles. The first-order valence-electron chi connectivity index (χ1n) is 6.91. The Kier molecular flexibility index (Phi) is 3.70. The molecule has 0 fully saturated rings. The molecule has 2 heterocycles. The van der Waals surface area contributed by atoms with E-state index in [1.54, 1.807) is 19.1 Å². The van der Waals surface area contributed by atoms with Crippen molar-refractivity contribution >= 4 is 28.5 Å². The molecule has 0 saturated heterocycles. The van der Waals surface area contributed by atoms with Gasteiger partial charge in [-0.15, -0.1) is 0 Å². The van der Waals surface area contributed by atoms with E-state index in [1.165, 1.54) is 4.57 Å². The first-order chi connectivity index (χ1) is 10.6. The molecule has 0 amide bonds. The van der Waals surface area contributed by atoms with Crippen LogP contribution in [0.25, 0.3) is 10.9 Å². The highest BCUT2D eigenvalue weighted by Gasteiger charge is 2.24. The quantitative estimate of drug-likeness (QED) is 0.812. The highest BCUT2D eigenvalue weighted by molar-refractivity contribution is 6.38. The Morgan fingerprint density at radius 3 is 2.64 bits per heavy atom. The second kappa shape index (κ2) is 5.53. The zero-order valence-electron chi connectivity index (χ0n) is 12.1. The van der Waals surface area contributed by atoms with E-state index in [-0.39, 0.29) is 24.0 Å². The molecule has 0 N–H and O–H groups in total. The Balaban J connectivity index is 2.37. The molecule has 6 nitrogen and oxygen atoms in total. The smallest absolute Gasteiger partial charge is 0.345 e. The number of hydrogen-bond acceptors (Lipinski definition) is 5. The summed E-state index contributed by atoms with van der Waals surface area (Å²) in [5.74, 6) is 0.360. The number of benzene rings is 1. The maximum atomic E-state index is 12.6. The van der Waals surface area contributed by atoms with Crippen molar-refractivity contribution in [1.82, 2.24) is 4.57 Å². The van der Waals surface area contributed by atoms with Gasteiger partial charge in [0, 0.05) is 18.0 Å². The largest absolute Gasteiger partial charge is 0.462 e. The minimum atomic E-state index is -0.723. The van der Waals surface area contributed by atoms with Crippen LogP contribution in [0.4, 0.5) is 0 Å². The second-order valence-corrected chi connectivity index (χ2v) is 5.06. The summed E-state index contributed by atoms with van der Waals surface area (Å²) in [5, 5.41) is 0.622. The molecule has 0 unspecified atom stereocenters. The maximum absolute atomic E-state index is 12.6. The van der Waals surface area contributed by atoms with Crippen molar-refractivity contribution in [2.75, 3.05) is 13.4 Å². The predicted molar refractivity (Wildman–Crippen MR) is 81.0 cm³/mol. The zero-order chi connectivity index (χ0) is 15.9. The summed E-state index contributed by atoms with van der Waals surface area (Å²) in [6.07, 6.45) is 0. The number of carbonyl (C=O) groups excluding carboxylic acids is 1. The first-order valence-corrected chi connectivity index (χ1v) is 7.29. The molecule has 22 heavy (non-hydrogen) atoms. The van der Waals surface area contributed by atoms with Gasteiger partial charge < -0.3 is 18.8 Å². The van der Waals surface area contributed by atoms with Crippen molar-refractivity contribution in [3.8, 4) is 11.5 Å². The highest BCUT2D eigenvalue weighted by atomic mass is 35.5. The minimum Gasteiger partial charge on any atom is -0.462 e. The number of fused-ring (bicyclic) bond motifs is 2. The number of ether oxygens (including phenoxy) is 3. The molecule has 1 aromatic carbocycles. The number of nitrogens with zero attached hydrogens (tertiary/aromatic N) is 1. The van der Waals surface area contributed by atoms with Gasteiger partial charge in [0.05, 0.1) is 17.1 Å². The summed E-state index contributed by atoms with van der Waals surface area (Å²) in [6.45, 7) is 4.15. The molecule has 2 aromatic rings. The molecule has 0 spiro atoms. The molecular formula is C15H14ClNO5. The van der Waals surface area contributed by atoms with Gasteiger partial charge in [-0.3, -0.25) is 4.79 Å². The van der Waals surface area contributed by atoms with Crippen LogP contribution in [0.3, 0.4) is 0 Å². The van der Waals surface area contributed by atoms with Gasteiger partial charge in [-0.2, -0.15) is 0 Å². The fourth-order valence-corrected chi connectivity index (χ4v) is 2.81. The summed E-state index contributed by atoms with van der Waals surface area (Å²) in [4.78, 5) is 24.6. The average molecular weight is 324 g/mol. The van der Waals surface area contributed by atoms with E-state index < -0.39 is 11.5 Å². The Morgan fingerprint density at radius 2 is 2.00 bits per heavy atom. The fourth-order valence-electron chi connectivity index (χ4n) is 2.50. The van der Waals surface area contributed by atoms with Crippen LogP contribution in [-0.4, -0.2) is 23.9 Å². The third kappa shape index (κ3) is 2.11. The van der Waals surface area contributed by atoms with Crippen LogP contribution in [0, 0.1) is 0 Å². The number of hydrogen-bond donors (Lipinski definition) is 0. The zero-order valence-corrected chi connectivity index (χ0v) is 12.9. The van der Waals surface area contributed by atoms with Crippen molar-refractivity contribution in [2.45, 2.75) is 20.4 Å². The molecule has 0 radical (unpaired) electrons. The number of rotatable bonds is 3. The normalized spacial score (nSPS) is 12.7. The minimum absolute atomic E-state index is 0.0708. The maximum Gasteiger partial charge on any atom is 0.345 e. The highest BCUT2D eigenvalue weighted by Crippen LogP contribution is 2.38. The van der Waals surface area contributed by atoms with Gasteiger partial charge in [0.15, 0.2) is 11.5 Å². The van der Waals surface area contributed by atoms with Gasteiger partial charge in [-0.05, 0) is 19.9 Å². The fraction of sp³-hybridized carbons (Fsp3) is 0.333. The van der Waals surface area contributed by atoms with Crippen LogP contribution < -0.4 is 15.0 Å². The number of carbonyl (C=O) groups is 1. The summed E-state index contributed by atoms with van der Waals surface area (Å²) < 4.78 is 17.1. The van der Waals surface area contributed by atoms with Crippen molar-refractivity contribution in [2.24, 2.45) is 0 Å². The predicted octanol–water partition coefficient (Wildman–Crippen LogP) is 2.58. The Bertz CT molecular complexity index is 827.